The monoisotopic (exact) mass is 256 g/mol. The van der Waals surface area contributed by atoms with E-state index in [1.54, 1.807) is 0 Å². The number of carbonyl (C=O) groups is 1. The van der Waals surface area contributed by atoms with Crippen LogP contribution in [0.15, 0.2) is 0 Å². The van der Waals surface area contributed by atoms with E-state index in [9.17, 15) is 4.79 Å². The van der Waals surface area contributed by atoms with E-state index in [2.05, 4.69) is 13.8 Å². The molecular weight excluding hydrogens is 232 g/mol. The Morgan fingerprint density at radius 2 is 1.94 bits per heavy atom. The normalized spacial score (nSPS) is 34.7. The van der Waals surface area contributed by atoms with Crippen molar-refractivity contribution < 1.29 is 19.0 Å². The first kappa shape index (κ1) is 13.8. The zero-order valence-corrected chi connectivity index (χ0v) is 11.6. The van der Waals surface area contributed by atoms with Crippen LogP contribution in [0, 0.1) is 5.92 Å². The lowest BCUT2D eigenvalue weighted by atomic mass is 9.80. The minimum absolute atomic E-state index is 0.142. The molecule has 2 rings (SSSR count). The minimum atomic E-state index is -0.439. The lowest BCUT2D eigenvalue weighted by molar-refractivity contribution is -0.227. The Hall–Kier alpha value is -0.610. The van der Waals surface area contributed by atoms with Crippen LogP contribution in [0.4, 0.5) is 0 Å². The molecule has 0 N–H and O–H groups in total. The Labute approximate surface area is 109 Å². The summed E-state index contributed by atoms with van der Waals surface area (Å²) in [6.07, 6.45) is 5.92. The summed E-state index contributed by atoms with van der Waals surface area (Å²) in [5.74, 6) is -0.266. The molecule has 1 heterocycles. The Kier molecular flexibility index (Phi) is 4.28. The van der Waals surface area contributed by atoms with E-state index in [1.807, 2.05) is 0 Å². The van der Waals surface area contributed by atoms with E-state index in [-0.39, 0.29) is 18.2 Å². The van der Waals surface area contributed by atoms with Crippen LogP contribution in [0.3, 0.4) is 0 Å². The van der Waals surface area contributed by atoms with E-state index in [0.717, 1.165) is 25.7 Å². The molecule has 18 heavy (non-hydrogen) atoms. The predicted octanol–water partition coefficient (Wildman–Crippen LogP) is 2.65. The summed E-state index contributed by atoms with van der Waals surface area (Å²) < 4.78 is 16.9. The number of hydrogen-bond acceptors (Lipinski definition) is 4. The Morgan fingerprint density at radius 1 is 1.28 bits per heavy atom. The summed E-state index contributed by atoms with van der Waals surface area (Å²) >= 11 is 0. The molecule has 1 aliphatic carbocycles. The highest BCUT2D eigenvalue weighted by atomic mass is 16.8. The van der Waals surface area contributed by atoms with Gasteiger partial charge in [0.2, 0.25) is 0 Å². The molecule has 104 valence electrons. The lowest BCUT2D eigenvalue weighted by Crippen LogP contribution is -2.42. The van der Waals surface area contributed by atoms with Gasteiger partial charge in [-0.3, -0.25) is 4.79 Å². The SMILES string of the molecule is COC(=O)CCC1CCCCC12O[C@H](C)[C@@H](C)O2. The molecule has 4 heteroatoms. The molecule has 2 fully saturated rings. The molecule has 0 aromatic carbocycles. The van der Waals surface area contributed by atoms with Crippen LogP contribution in [0.2, 0.25) is 0 Å². The van der Waals surface area contributed by atoms with Gasteiger partial charge in [-0.1, -0.05) is 6.42 Å². The topological polar surface area (TPSA) is 44.8 Å². The molecule has 4 nitrogen and oxygen atoms in total. The molecule has 1 aliphatic heterocycles. The number of ether oxygens (including phenoxy) is 3. The third-order valence-corrected chi connectivity index (χ3v) is 4.31. The van der Waals surface area contributed by atoms with E-state index in [1.165, 1.54) is 13.5 Å². The van der Waals surface area contributed by atoms with Crippen LogP contribution in [-0.4, -0.2) is 31.1 Å². The fraction of sp³-hybridized carbons (Fsp3) is 0.929. The summed E-state index contributed by atoms with van der Waals surface area (Å²) in [7, 11) is 1.44. The molecule has 1 saturated carbocycles. The van der Waals surface area contributed by atoms with Crippen molar-refractivity contribution >= 4 is 5.97 Å². The van der Waals surface area contributed by atoms with Crippen molar-refractivity contribution in [2.45, 2.75) is 70.4 Å². The van der Waals surface area contributed by atoms with Crippen molar-refractivity contribution in [3.8, 4) is 0 Å². The maximum absolute atomic E-state index is 11.3. The molecule has 0 aromatic rings. The Morgan fingerprint density at radius 3 is 2.56 bits per heavy atom. The molecule has 0 aromatic heterocycles. The van der Waals surface area contributed by atoms with E-state index in [4.69, 9.17) is 14.2 Å². The van der Waals surface area contributed by atoms with Gasteiger partial charge in [-0.15, -0.1) is 0 Å². The first-order chi connectivity index (χ1) is 8.57. The minimum Gasteiger partial charge on any atom is -0.469 e. The largest absolute Gasteiger partial charge is 0.469 e. The van der Waals surface area contributed by atoms with Crippen LogP contribution in [0.1, 0.15) is 52.4 Å². The second kappa shape index (κ2) is 5.57. The number of hydrogen-bond donors (Lipinski definition) is 0. The molecule has 3 atom stereocenters. The highest BCUT2D eigenvalue weighted by Crippen LogP contribution is 2.45. The van der Waals surface area contributed by atoms with Gasteiger partial charge >= 0.3 is 5.97 Å². The second-order valence-electron chi connectivity index (χ2n) is 5.52. The lowest BCUT2D eigenvalue weighted by Gasteiger charge is -2.39. The van der Waals surface area contributed by atoms with Crippen molar-refractivity contribution in [3.05, 3.63) is 0 Å². The molecule has 1 saturated heterocycles. The molecule has 0 amide bonds. The van der Waals surface area contributed by atoms with E-state index >= 15 is 0 Å². The van der Waals surface area contributed by atoms with Crippen LogP contribution in [-0.2, 0) is 19.0 Å². The summed E-state index contributed by atoms with van der Waals surface area (Å²) in [5, 5.41) is 0. The molecule has 1 spiro atoms. The summed E-state index contributed by atoms with van der Waals surface area (Å²) in [6.45, 7) is 4.12. The number of esters is 1. The zero-order valence-electron chi connectivity index (χ0n) is 11.6. The van der Waals surface area contributed by atoms with Gasteiger partial charge in [-0.05, 0) is 33.1 Å². The van der Waals surface area contributed by atoms with Crippen molar-refractivity contribution in [2.75, 3.05) is 7.11 Å². The second-order valence-corrected chi connectivity index (χ2v) is 5.52. The van der Waals surface area contributed by atoms with Gasteiger partial charge in [0.15, 0.2) is 5.79 Å². The number of methoxy groups -OCH3 is 1. The van der Waals surface area contributed by atoms with Gasteiger partial charge in [0.05, 0.1) is 19.3 Å². The number of rotatable bonds is 3. The van der Waals surface area contributed by atoms with Gasteiger partial charge in [-0.25, -0.2) is 0 Å². The van der Waals surface area contributed by atoms with Crippen LogP contribution in [0.5, 0.6) is 0 Å². The summed E-state index contributed by atoms with van der Waals surface area (Å²) in [5.41, 5.74) is 0. The van der Waals surface area contributed by atoms with E-state index < -0.39 is 5.79 Å². The molecule has 0 radical (unpaired) electrons. The Balaban J connectivity index is 2.00. The van der Waals surface area contributed by atoms with Gasteiger partial charge in [0.1, 0.15) is 0 Å². The quantitative estimate of drug-likeness (QED) is 0.728. The molecular formula is C14H24O4. The first-order valence-electron chi connectivity index (χ1n) is 7.00. The standard InChI is InChI=1S/C14H24O4/c1-10-11(2)18-14(17-10)9-5-4-6-12(14)7-8-13(15)16-3/h10-12H,4-9H2,1-3H3/t10-,11-,12?/m1/s1. The Bertz CT molecular complexity index is 292. The fourth-order valence-electron chi connectivity index (χ4n) is 3.10. The van der Waals surface area contributed by atoms with Crippen LogP contribution < -0.4 is 0 Å². The van der Waals surface area contributed by atoms with Gasteiger partial charge in [0, 0.05) is 18.8 Å². The third-order valence-electron chi connectivity index (χ3n) is 4.31. The maximum Gasteiger partial charge on any atom is 0.305 e. The van der Waals surface area contributed by atoms with Crippen molar-refractivity contribution in [1.29, 1.82) is 0 Å². The average Bonchev–Trinajstić information content (AvgIpc) is 2.64. The van der Waals surface area contributed by atoms with Gasteiger partial charge in [-0.2, -0.15) is 0 Å². The first-order valence-corrected chi connectivity index (χ1v) is 7.00. The maximum atomic E-state index is 11.3. The van der Waals surface area contributed by atoms with Gasteiger partial charge < -0.3 is 14.2 Å². The molecule has 2 aliphatic rings. The number of carbonyl (C=O) groups excluding carboxylic acids is 1. The summed E-state index contributed by atoms with van der Waals surface area (Å²) in [4.78, 5) is 11.3. The molecule has 0 bridgehead atoms. The smallest absolute Gasteiger partial charge is 0.305 e. The highest BCUT2D eigenvalue weighted by molar-refractivity contribution is 5.69. The van der Waals surface area contributed by atoms with Crippen molar-refractivity contribution in [2.24, 2.45) is 5.92 Å². The third kappa shape index (κ3) is 2.69. The van der Waals surface area contributed by atoms with Gasteiger partial charge in [0.25, 0.3) is 0 Å². The van der Waals surface area contributed by atoms with Crippen molar-refractivity contribution in [3.63, 3.8) is 0 Å². The predicted molar refractivity (Wildman–Crippen MR) is 67.0 cm³/mol. The summed E-state index contributed by atoms with van der Waals surface area (Å²) in [6, 6.07) is 0. The van der Waals surface area contributed by atoms with E-state index in [0.29, 0.717) is 12.3 Å². The fourth-order valence-corrected chi connectivity index (χ4v) is 3.10. The zero-order chi connectivity index (χ0) is 13.2. The van der Waals surface area contributed by atoms with Crippen LogP contribution in [0.25, 0.3) is 0 Å². The molecule has 1 unspecified atom stereocenters. The average molecular weight is 256 g/mol. The highest BCUT2D eigenvalue weighted by Gasteiger charge is 2.50. The van der Waals surface area contributed by atoms with Crippen molar-refractivity contribution in [1.82, 2.24) is 0 Å². The van der Waals surface area contributed by atoms with Crippen LogP contribution >= 0.6 is 0 Å².